The first kappa shape index (κ1) is 10.2. The van der Waals surface area contributed by atoms with Gasteiger partial charge in [-0.15, -0.1) is 0 Å². The van der Waals surface area contributed by atoms with Crippen LogP contribution < -0.4 is 0 Å². The van der Waals surface area contributed by atoms with Gasteiger partial charge in [0.05, 0.1) is 0 Å². The zero-order valence-electron chi connectivity index (χ0n) is 8.37. The second-order valence-corrected chi connectivity index (χ2v) is 4.37. The van der Waals surface area contributed by atoms with Gasteiger partial charge in [-0.2, -0.15) is 0 Å². The Morgan fingerprint density at radius 1 is 1.64 bits per heavy atom. The van der Waals surface area contributed by atoms with E-state index in [2.05, 4.69) is 32.4 Å². The van der Waals surface area contributed by atoms with E-state index in [0.29, 0.717) is 0 Å². The van der Waals surface area contributed by atoms with Gasteiger partial charge in [0.1, 0.15) is 16.7 Å². The van der Waals surface area contributed by atoms with E-state index in [0.717, 1.165) is 29.9 Å². The molecule has 4 heteroatoms. The molecular formula is C10H15BrN2O. The van der Waals surface area contributed by atoms with Crippen LogP contribution in [0.2, 0.25) is 0 Å². The Bertz CT molecular complexity index is 305. The number of nitrogens with zero attached hydrogens (tertiary/aromatic N) is 2. The second kappa shape index (κ2) is 4.45. The van der Waals surface area contributed by atoms with Crippen molar-refractivity contribution in [3.8, 4) is 0 Å². The number of rotatable bonds is 2. The van der Waals surface area contributed by atoms with Crippen molar-refractivity contribution < 1.29 is 4.74 Å². The van der Waals surface area contributed by atoms with Crippen LogP contribution >= 0.6 is 15.9 Å². The average Bonchev–Trinajstić information content (AvgIpc) is 2.61. The summed E-state index contributed by atoms with van der Waals surface area (Å²) in [7, 11) is 0. The van der Waals surface area contributed by atoms with Crippen LogP contribution in [0, 0.1) is 0 Å². The Morgan fingerprint density at radius 2 is 2.50 bits per heavy atom. The normalized spacial score (nSPS) is 22.6. The quantitative estimate of drug-likeness (QED) is 0.816. The molecular weight excluding hydrogens is 244 g/mol. The predicted octanol–water partition coefficient (Wildman–Crippen LogP) is 2.91. The minimum atomic E-state index is 0.206. The molecule has 1 aliphatic heterocycles. The highest BCUT2D eigenvalue weighted by atomic mass is 79.9. The summed E-state index contributed by atoms with van der Waals surface area (Å²) in [5.41, 5.74) is 0. The maximum absolute atomic E-state index is 5.72. The number of hydrogen-bond acceptors (Lipinski definition) is 2. The first-order chi connectivity index (χ1) is 6.81. The van der Waals surface area contributed by atoms with E-state index in [1.807, 2.05) is 6.20 Å². The zero-order chi connectivity index (χ0) is 9.97. The average molecular weight is 259 g/mol. The number of aryl methyl sites for hydroxylation is 1. The minimum Gasteiger partial charge on any atom is -0.358 e. The molecule has 2 heterocycles. The molecule has 0 aromatic carbocycles. The molecule has 1 unspecified atom stereocenters. The Morgan fingerprint density at radius 3 is 3.14 bits per heavy atom. The zero-order valence-corrected chi connectivity index (χ0v) is 9.96. The van der Waals surface area contributed by atoms with E-state index in [9.17, 15) is 0 Å². The van der Waals surface area contributed by atoms with E-state index in [4.69, 9.17) is 4.74 Å². The van der Waals surface area contributed by atoms with E-state index in [1.54, 1.807) is 0 Å². The standard InChI is InChI=1S/C10H15BrN2O/c1-2-9-12-8(11)7-13(9)10-5-3-4-6-14-10/h7,10H,2-6H2,1H3. The molecule has 0 aliphatic carbocycles. The molecule has 0 spiro atoms. The van der Waals surface area contributed by atoms with Crippen LogP contribution in [0.25, 0.3) is 0 Å². The molecule has 2 rings (SSSR count). The minimum absolute atomic E-state index is 0.206. The molecule has 1 saturated heterocycles. The van der Waals surface area contributed by atoms with Crippen molar-refractivity contribution >= 4 is 15.9 Å². The van der Waals surface area contributed by atoms with Crippen molar-refractivity contribution in [2.75, 3.05) is 6.61 Å². The predicted molar refractivity (Wildman–Crippen MR) is 58.1 cm³/mol. The van der Waals surface area contributed by atoms with Crippen LogP contribution in [0.4, 0.5) is 0 Å². The Hall–Kier alpha value is -0.350. The number of ether oxygens (including phenoxy) is 1. The summed E-state index contributed by atoms with van der Waals surface area (Å²) in [4.78, 5) is 4.40. The van der Waals surface area contributed by atoms with E-state index < -0.39 is 0 Å². The van der Waals surface area contributed by atoms with Crippen LogP contribution in [0.5, 0.6) is 0 Å². The molecule has 1 aliphatic rings. The molecule has 1 atom stereocenters. The van der Waals surface area contributed by atoms with Crippen LogP contribution in [-0.2, 0) is 11.2 Å². The SMILES string of the molecule is CCc1nc(Br)cn1C1CCCCO1. The summed E-state index contributed by atoms with van der Waals surface area (Å²) in [6.45, 7) is 3.00. The summed E-state index contributed by atoms with van der Waals surface area (Å²) in [6.07, 6.45) is 6.73. The highest BCUT2D eigenvalue weighted by Crippen LogP contribution is 2.25. The highest BCUT2D eigenvalue weighted by Gasteiger charge is 2.18. The fraction of sp³-hybridized carbons (Fsp3) is 0.700. The third-order valence-electron chi connectivity index (χ3n) is 2.56. The summed E-state index contributed by atoms with van der Waals surface area (Å²) in [5.74, 6) is 1.10. The van der Waals surface area contributed by atoms with Crippen molar-refractivity contribution in [2.45, 2.75) is 38.8 Å². The molecule has 3 nitrogen and oxygen atoms in total. The molecule has 0 bridgehead atoms. The Kier molecular flexibility index (Phi) is 3.23. The van der Waals surface area contributed by atoms with Crippen molar-refractivity contribution in [1.82, 2.24) is 9.55 Å². The van der Waals surface area contributed by atoms with Crippen molar-refractivity contribution in [1.29, 1.82) is 0 Å². The van der Waals surface area contributed by atoms with Crippen LogP contribution in [0.3, 0.4) is 0 Å². The lowest BCUT2D eigenvalue weighted by Crippen LogP contribution is -2.19. The summed E-state index contributed by atoms with van der Waals surface area (Å²) in [6, 6.07) is 0. The second-order valence-electron chi connectivity index (χ2n) is 3.56. The first-order valence-corrected chi connectivity index (χ1v) is 5.95. The number of hydrogen-bond donors (Lipinski definition) is 0. The van der Waals surface area contributed by atoms with Gasteiger partial charge in [0.25, 0.3) is 0 Å². The maximum Gasteiger partial charge on any atom is 0.135 e. The molecule has 0 radical (unpaired) electrons. The van der Waals surface area contributed by atoms with Gasteiger partial charge in [-0.3, -0.25) is 0 Å². The third kappa shape index (κ3) is 2.01. The van der Waals surface area contributed by atoms with Gasteiger partial charge in [0.2, 0.25) is 0 Å². The van der Waals surface area contributed by atoms with Crippen molar-refractivity contribution in [2.24, 2.45) is 0 Å². The Labute approximate surface area is 92.6 Å². The van der Waals surface area contributed by atoms with Gasteiger partial charge in [-0.1, -0.05) is 6.92 Å². The van der Waals surface area contributed by atoms with Gasteiger partial charge in [0.15, 0.2) is 0 Å². The van der Waals surface area contributed by atoms with Crippen molar-refractivity contribution in [3.63, 3.8) is 0 Å². The lowest BCUT2D eigenvalue weighted by atomic mass is 10.2. The lowest BCUT2D eigenvalue weighted by molar-refractivity contribution is -0.0335. The lowest BCUT2D eigenvalue weighted by Gasteiger charge is -2.24. The van der Waals surface area contributed by atoms with Gasteiger partial charge in [-0.05, 0) is 35.2 Å². The summed E-state index contributed by atoms with van der Waals surface area (Å²) >= 11 is 3.40. The fourth-order valence-corrected chi connectivity index (χ4v) is 2.28. The molecule has 0 amide bonds. The van der Waals surface area contributed by atoms with Crippen LogP contribution in [0.1, 0.15) is 38.2 Å². The first-order valence-electron chi connectivity index (χ1n) is 5.16. The molecule has 0 N–H and O–H groups in total. The highest BCUT2D eigenvalue weighted by molar-refractivity contribution is 9.10. The topological polar surface area (TPSA) is 27.1 Å². The Balaban J connectivity index is 2.20. The number of imidazole rings is 1. The summed E-state index contributed by atoms with van der Waals surface area (Å²) in [5, 5.41) is 0. The van der Waals surface area contributed by atoms with Gasteiger partial charge in [0, 0.05) is 19.2 Å². The molecule has 14 heavy (non-hydrogen) atoms. The molecule has 1 aromatic heterocycles. The van der Waals surface area contributed by atoms with E-state index in [1.165, 1.54) is 12.8 Å². The van der Waals surface area contributed by atoms with Gasteiger partial charge in [-0.25, -0.2) is 4.98 Å². The van der Waals surface area contributed by atoms with E-state index >= 15 is 0 Å². The molecule has 78 valence electrons. The van der Waals surface area contributed by atoms with Crippen LogP contribution in [0.15, 0.2) is 10.8 Å². The molecule has 1 aromatic rings. The molecule has 1 fully saturated rings. The van der Waals surface area contributed by atoms with Gasteiger partial charge < -0.3 is 9.30 Å². The summed E-state index contributed by atoms with van der Waals surface area (Å²) < 4.78 is 8.78. The molecule has 0 saturated carbocycles. The van der Waals surface area contributed by atoms with Crippen molar-refractivity contribution in [3.05, 3.63) is 16.6 Å². The van der Waals surface area contributed by atoms with E-state index in [-0.39, 0.29) is 6.23 Å². The number of halogens is 1. The van der Waals surface area contributed by atoms with Crippen LogP contribution in [-0.4, -0.2) is 16.2 Å². The smallest absolute Gasteiger partial charge is 0.135 e. The maximum atomic E-state index is 5.72. The fourth-order valence-electron chi connectivity index (χ4n) is 1.85. The van der Waals surface area contributed by atoms with Gasteiger partial charge >= 0.3 is 0 Å². The number of aromatic nitrogens is 2. The third-order valence-corrected chi connectivity index (χ3v) is 2.94. The monoisotopic (exact) mass is 258 g/mol. The largest absolute Gasteiger partial charge is 0.358 e.